The van der Waals surface area contributed by atoms with Crippen LogP contribution in [0.3, 0.4) is 0 Å². The van der Waals surface area contributed by atoms with Gasteiger partial charge in [0.15, 0.2) is 5.82 Å². The third-order valence-electron chi connectivity index (χ3n) is 3.48. The van der Waals surface area contributed by atoms with Crippen LogP contribution in [0.2, 0.25) is 0 Å². The summed E-state index contributed by atoms with van der Waals surface area (Å²) in [7, 11) is 3.17. The van der Waals surface area contributed by atoms with Gasteiger partial charge in [0.1, 0.15) is 11.3 Å². The average Bonchev–Trinajstić information content (AvgIpc) is 2.50. The summed E-state index contributed by atoms with van der Waals surface area (Å²) in [6.45, 7) is 3.91. The second kappa shape index (κ2) is 7.08. The van der Waals surface area contributed by atoms with Crippen molar-refractivity contribution in [2.24, 2.45) is 0 Å². The lowest BCUT2D eigenvalue weighted by molar-refractivity contribution is -0.121. The molecule has 1 saturated heterocycles. The Labute approximate surface area is 119 Å². The maximum absolute atomic E-state index is 5.97. The number of hydrogen-bond acceptors (Lipinski definition) is 6. The molecule has 1 aromatic rings. The highest BCUT2D eigenvalue weighted by Crippen LogP contribution is 2.34. The minimum Gasteiger partial charge on any atom is -0.381 e. The molecule has 0 aliphatic carbocycles. The third-order valence-corrected chi connectivity index (χ3v) is 3.48. The zero-order valence-corrected chi connectivity index (χ0v) is 12.3. The van der Waals surface area contributed by atoms with E-state index in [4.69, 9.17) is 18.9 Å². The third kappa shape index (κ3) is 3.15. The number of aromatic nitrogens is 2. The lowest BCUT2D eigenvalue weighted by Gasteiger charge is -2.35. The SMILES string of the molecule is CCOC1(c2nccc(C(OC)OC)n2)CCOCC1. The Hall–Kier alpha value is -1.08. The van der Waals surface area contributed by atoms with Crippen LogP contribution in [0.5, 0.6) is 0 Å². The van der Waals surface area contributed by atoms with Crippen LogP contribution in [0.1, 0.15) is 37.6 Å². The van der Waals surface area contributed by atoms with Crippen LogP contribution in [0.15, 0.2) is 12.3 Å². The van der Waals surface area contributed by atoms with Crippen molar-refractivity contribution in [3.8, 4) is 0 Å². The number of ether oxygens (including phenoxy) is 4. The average molecular weight is 282 g/mol. The van der Waals surface area contributed by atoms with E-state index in [9.17, 15) is 0 Å². The number of hydrogen-bond donors (Lipinski definition) is 0. The first-order chi connectivity index (χ1) is 9.75. The van der Waals surface area contributed by atoms with Crippen LogP contribution in [0.25, 0.3) is 0 Å². The fraction of sp³-hybridized carbons (Fsp3) is 0.714. The van der Waals surface area contributed by atoms with Crippen LogP contribution in [0.4, 0.5) is 0 Å². The fourth-order valence-corrected chi connectivity index (χ4v) is 2.47. The lowest BCUT2D eigenvalue weighted by Crippen LogP contribution is -2.38. The zero-order valence-electron chi connectivity index (χ0n) is 12.3. The highest BCUT2D eigenvalue weighted by molar-refractivity contribution is 5.10. The molecule has 0 radical (unpaired) electrons. The monoisotopic (exact) mass is 282 g/mol. The normalized spacial score (nSPS) is 18.4. The van der Waals surface area contributed by atoms with Gasteiger partial charge in [0.2, 0.25) is 6.29 Å². The topological polar surface area (TPSA) is 62.7 Å². The van der Waals surface area contributed by atoms with E-state index in [2.05, 4.69) is 9.97 Å². The molecular formula is C14H22N2O4. The Morgan fingerprint density at radius 3 is 2.60 bits per heavy atom. The summed E-state index contributed by atoms with van der Waals surface area (Å²) < 4.78 is 21.9. The van der Waals surface area contributed by atoms with Crippen molar-refractivity contribution < 1.29 is 18.9 Å². The van der Waals surface area contributed by atoms with Gasteiger partial charge < -0.3 is 18.9 Å². The molecule has 6 heteroatoms. The number of rotatable bonds is 6. The molecule has 0 N–H and O–H groups in total. The molecule has 6 nitrogen and oxygen atoms in total. The summed E-state index contributed by atoms with van der Waals surface area (Å²) in [4.78, 5) is 8.99. The van der Waals surface area contributed by atoms with Gasteiger partial charge in [0.25, 0.3) is 0 Å². The van der Waals surface area contributed by atoms with E-state index in [0.717, 1.165) is 12.8 Å². The Morgan fingerprint density at radius 2 is 2.00 bits per heavy atom. The molecule has 1 fully saturated rings. The highest BCUT2D eigenvalue weighted by Gasteiger charge is 2.38. The van der Waals surface area contributed by atoms with Crippen molar-refractivity contribution in [1.82, 2.24) is 9.97 Å². The molecule has 20 heavy (non-hydrogen) atoms. The van der Waals surface area contributed by atoms with E-state index in [-0.39, 0.29) is 0 Å². The van der Waals surface area contributed by atoms with Crippen LogP contribution >= 0.6 is 0 Å². The van der Waals surface area contributed by atoms with Crippen molar-refractivity contribution in [3.63, 3.8) is 0 Å². The first-order valence-corrected chi connectivity index (χ1v) is 6.86. The Morgan fingerprint density at radius 1 is 1.30 bits per heavy atom. The number of methoxy groups -OCH3 is 2. The van der Waals surface area contributed by atoms with E-state index >= 15 is 0 Å². The summed E-state index contributed by atoms with van der Waals surface area (Å²) >= 11 is 0. The molecule has 1 aromatic heterocycles. The standard InChI is InChI=1S/C14H22N2O4/c1-4-20-14(6-9-19-10-7-14)13-15-8-5-11(16-13)12(17-2)18-3/h5,8,12H,4,6-7,9-10H2,1-3H3. The Bertz CT molecular complexity index is 412. The van der Waals surface area contributed by atoms with Gasteiger partial charge in [-0.15, -0.1) is 0 Å². The predicted molar refractivity (Wildman–Crippen MR) is 72.1 cm³/mol. The molecule has 2 rings (SSSR count). The van der Waals surface area contributed by atoms with Crippen molar-refractivity contribution in [1.29, 1.82) is 0 Å². The Balaban J connectivity index is 2.31. The van der Waals surface area contributed by atoms with E-state index in [1.165, 1.54) is 0 Å². The predicted octanol–water partition coefficient (Wildman–Crippen LogP) is 1.81. The van der Waals surface area contributed by atoms with Gasteiger partial charge >= 0.3 is 0 Å². The van der Waals surface area contributed by atoms with E-state index in [1.54, 1.807) is 26.5 Å². The summed E-state index contributed by atoms with van der Waals surface area (Å²) in [6.07, 6.45) is 2.75. The van der Waals surface area contributed by atoms with Gasteiger partial charge in [0, 0.05) is 53.1 Å². The largest absolute Gasteiger partial charge is 0.381 e. The van der Waals surface area contributed by atoms with Gasteiger partial charge in [-0.25, -0.2) is 9.97 Å². The molecule has 0 unspecified atom stereocenters. The lowest BCUT2D eigenvalue weighted by atomic mass is 9.92. The van der Waals surface area contributed by atoms with Crippen LogP contribution < -0.4 is 0 Å². The molecule has 0 bridgehead atoms. The van der Waals surface area contributed by atoms with Crippen LogP contribution in [-0.4, -0.2) is 44.0 Å². The summed E-state index contributed by atoms with van der Waals surface area (Å²) in [5, 5.41) is 0. The first kappa shape index (κ1) is 15.3. The van der Waals surface area contributed by atoms with Crippen molar-refractivity contribution in [2.45, 2.75) is 31.7 Å². The van der Waals surface area contributed by atoms with E-state index < -0.39 is 11.9 Å². The zero-order chi connectivity index (χ0) is 14.4. The quantitative estimate of drug-likeness (QED) is 0.742. The second-order valence-corrected chi connectivity index (χ2v) is 4.65. The van der Waals surface area contributed by atoms with E-state index in [0.29, 0.717) is 31.3 Å². The molecule has 0 spiro atoms. The molecule has 0 aromatic carbocycles. The molecule has 2 heterocycles. The number of nitrogens with zero attached hydrogens (tertiary/aromatic N) is 2. The minimum absolute atomic E-state index is 0.463. The van der Waals surface area contributed by atoms with Crippen LogP contribution in [-0.2, 0) is 24.5 Å². The van der Waals surface area contributed by atoms with Gasteiger partial charge in [-0.1, -0.05) is 0 Å². The smallest absolute Gasteiger partial charge is 0.200 e. The molecule has 1 aliphatic heterocycles. The maximum Gasteiger partial charge on any atom is 0.200 e. The highest BCUT2D eigenvalue weighted by atomic mass is 16.7. The summed E-state index contributed by atoms with van der Waals surface area (Å²) in [5.41, 5.74) is 0.236. The fourth-order valence-electron chi connectivity index (χ4n) is 2.47. The molecule has 0 amide bonds. The maximum atomic E-state index is 5.97. The minimum atomic E-state index is -0.490. The molecule has 0 saturated carbocycles. The second-order valence-electron chi connectivity index (χ2n) is 4.65. The first-order valence-electron chi connectivity index (χ1n) is 6.86. The molecular weight excluding hydrogens is 260 g/mol. The molecule has 112 valence electrons. The molecule has 1 aliphatic rings. The van der Waals surface area contributed by atoms with E-state index in [1.807, 2.05) is 6.92 Å². The van der Waals surface area contributed by atoms with Gasteiger partial charge in [-0.05, 0) is 13.0 Å². The van der Waals surface area contributed by atoms with Gasteiger partial charge in [0.05, 0.1) is 0 Å². The van der Waals surface area contributed by atoms with Crippen LogP contribution in [0, 0.1) is 0 Å². The summed E-state index contributed by atoms with van der Waals surface area (Å²) in [6, 6.07) is 1.79. The van der Waals surface area contributed by atoms with Crippen molar-refractivity contribution >= 4 is 0 Å². The Kier molecular flexibility index (Phi) is 5.42. The van der Waals surface area contributed by atoms with Gasteiger partial charge in [-0.3, -0.25) is 0 Å². The summed E-state index contributed by atoms with van der Waals surface area (Å²) in [5.74, 6) is 0.680. The van der Waals surface area contributed by atoms with Gasteiger partial charge in [-0.2, -0.15) is 0 Å². The molecule has 0 atom stereocenters. The van der Waals surface area contributed by atoms with Crippen molar-refractivity contribution in [2.75, 3.05) is 34.0 Å². The van der Waals surface area contributed by atoms with Crippen molar-refractivity contribution in [3.05, 3.63) is 23.8 Å².